The molecule has 0 saturated heterocycles. The van der Waals surface area contributed by atoms with Crippen LogP contribution >= 0.6 is 0 Å². The van der Waals surface area contributed by atoms with Gasteiger partial charge in [0.1, 0.15) is 18.1 Å². The lowest BCUT2D eigenvalue weighted by atomic mass is 10.1. The number of guanidine groups is 1. The van der Waals surface area contributed by atoms with E-state index in [4.69, 9.17) is 15.6 Å². The average molecular weight is 339 g/mol. The maximum absolute atomic E-state index is 5.37. The largest absolute Gasteiger partial charge is 0.481 e. The van der Waals surface area contributed by atoms with Crippen LogP contribution < -0.4 is 15.4 Å². The van der Waals surface area contributed by atoms with Gasteiger partial charge in [-0.3, -0.25) is 4.99 Å². The highest BCUT2D eigenvalue weighted by Gasteiger charge is 2.00. The second kappa shape index (κ2) is 10.8. The molecule has 5 heteroatoms. The Morgan fingerprint density at radius 3 is 2.72 bits per heavy atom. The second-order valence-electron chi connectivity index (χ2n) is 5.40. The van der Waals surface area contributed by atoms with E-state index in [-0.39, 0.29) is 0 Å². The third-order valence-electron chi connectivity index (χ3n) is 3.50. The monoisotopic (exact) mass is 339 g/mol. The highest BCUT2D eigenvalue weighted by Crippen LogP contribution is 2.12. The number of furan rings is 1. The molecule has 132 valence electrons. The van der Waals surface area contributed by atoms with E-state index in [1.54, 1.807) is 6.26 Å². The zero-order chi connectivity index (χ0) is 17.7. The molecule has 0 aliphatic rings. The quantitative estimate of drug-likeness (QED) is 0.419. The summed E-state index contributed by atoms with van der Waals surface area (Å²) in [4.78, 5) is 4.56. The van der Waals surface area contributed by atoms with Gasteiger partial charge in [-0.25, -0.2) is 0 Å². The minimum Gasteiger partial charge on any atom is -0.481 e. The summed E-state index contributed by atoms with van der Waals surface area (Å²) in [6.07, 6.45) is 8.56. The first-order valence-corrected chi connectivity index (χ1v) is 8.51. The van der Waals surface area contributed by atoms with Crippen LogP contribution in [0.1, 0.15) is 18.2 Å². The minimum atomic E-state index is 0.293. The van der Waals surface area contributed by atoms with Crippen molar-refractivity contribution < 1.29 is 9.15 Å². The Kier molecular flexibility index (Phi) is 7.99. The summed E-state index contributed by atoms with van der Waals surface area (Å²) in [5, 5.41) is 6.60. The van der Waals surface area contributed by atoms with E-state index in [0.717, 1.165) is 43.4 Å². The topological polar surface area (TPSA) is 58.8 Å². The fourth-order valence-corrected chi connectivity index (χ4v) is 2.28. The number of terminal acetylenes is 1. The van der Waals surface area contributed by atoms with Gasteiger partial charge in [-0.05, 0) is 43.2 Å². The number of nitrogens with zero attached hydrogens (tertiary/aromatic N) is 1. The number of aliphatic imine (C=N–C) groups is 1. The van der Waals surface area contributed by atoms with Crippen LogP contribution in [-0.2, 0) is 12.8 Å². The summed E-state index contributed by atoms with van der Waals surface area (Å²) in [5.41, 5.74) is 1.23. The molecule has 1 aromatic carbocycles. The van der Waals surface area contributed by atoms with Crippen LogP contribution in [0.3, 0.4) is 0 Å². The van der Waals surface area contributed by atoms with E-state index in [1.807, 2.05) is 24.3 Å². The lowest BCUT2D eigenvalue weighted by Gasteiger charge is -2.11. The Balaban J connectivity index is 1.75. The predicted octanol–water partition coefficient (Wildman–Crippen LogP) is 2.63. The van der Waals surface area contributed by atoms with Crippen LogP contribution in [0.4, 0.5) is 0 Å². The molecule has 1 heterocycles. The van der Waals surface area contributed by atoms with Crippen molar-refractivity contribution in [1.82, 2.24) is 10.6 Å². The maximum atomic E-state index is 5.37. The number of nitrogens with one attached hydrogen (secondary N) is 2. The van der Waals surface area contributed by atoms with Gasteiger partial charge in [0.05, 0.1) is 6.26 Å². The Bertz CT molecular complexity index is 670. The van der Waals surface area contributed by atoms with E-state index >= 15 is 0 Å². The number of rotatable bonds is 9. The molecule has 0 bridgehead atoms. The SMILES string of the molecule is C#CCOc1ccc(CCNC(=NCCc2ccco2)NCC)cc1. The van der Waals surface area contributed by atoms with E-state index in [0.29, 0.717) is 13.2 Å². The summed E-state index contributed by atoms with van der Waals surface area (Å²) < 4.78 is 10.7. The lowest BCUT2D eigenvalue weighted by molar-refractivity contribution is 0.370. The van der Waals surface area contributed by atoms with Gasteiger partial charge in [0.25, 0.3) is 0 Å². The van der Waals surface area contributed by atoms with Gasteiger partial charge >= 0.3 is 0 Å². The van der Waals surface area contributed by atoms with Crippen molar-refractivity contribution >= 4 is 5.96 Å². The maximum Gasteiger partial charge on any atom is 0.191 e. The first-order chi connectivity index (χ1) is 12.3. The molecule has 0 radical (unpaired) electrons. The first-order valence-electron chi connectivity index (χ1n) is 8.51. The first kappa shape index (κ1) is 18.5. The van der Waals surface area contributed by atoms with E-state index in [9.17, 15) is 0 Å². The molecule has 0 spiro atoms. The molecule has 2 N–H and O–H groups in total. The predicted molar refractivity (Wildman–Crippen MR) is 101 cm³/mol. The standard InChI is InChI=1S/C20H25N3O2/c1-3-15-24-19-9-7-17(8-10-19)11-13-22-20(21-4-2)23-14-12-18-6-5-16-25-18/h1,5-10,16H,4,11-15H2,2H3,(H2,21,22,23). The fraction of sp³-hybridized carbons (Fsp3) is 0.350. The molecule has 0 fully saturated rings. The van der Waals surface area contributed by atoms with Crippen molar-refractivity contribution in [2.24, 2.45) is 4.99 Å². The normalized spacial score (nSPS) is 11.0. The minimum absolute atomic E-state index is 0.293. The molecule has 0 aliphatic carbocycles. The fourth-order valence-electron chi connectivity index (χ4n) is 2.28. The molecule has 2 rings (SSSR count). The number of ether oxygens (including phenoxy) is 1. The van der Waals surface area contributed by atoms with Crippen LogP contribution in [0.15, 0.2) is 52.1 Å². The van der Waals surface area contributed by atoms with Gasteiger partial charge in [0, 0.05) is 26.1 Å². The summed E-state index contributed by atoms with van der Waals surface area (Å²) in [6, 6.07) is 11.8. The number of hydrogen-bond acceptors (Lipinski definition) is 3. The van der Waals surface area contributed by atoms with Crippen molar-refractivity contribution in [2.75, 3.05) is 26.2 Å². The number of hydrogen-bond donors (Lipinski definition) is 2. The van der Waals surface area contributed by atoms with E-state index in [2.05, 4.69) is 40.6 Å². The smallest absolute Gasteiger partial charge is 0.191 e. The zero-order valence-electron chi connectivity index (χ0n) is 14.6. The number of benzene rings is 1. The molecule has 0 amide bonds. The third-order valence-corrected chi connectivity index (χ3v) is 3.50. The van der Waals surface area contributed by atoms with Gasteiger partial charge in [0.2, 0.25) is 0 Å². The molecule has 25 heavy (non-hydrogen) atoms. The highest BCUT2D eigenvalue weighted by atomic mass is 16.5. The Morgan fingerprint density at radius 2 is 2.04 bits per heavy atom. The van der Waals surface area contributed by atoms with Gasteiger partial charge in [0.15, 0.2) is 5.96 Å². The van der Waals surface area contributed by atoms with Crippen molar-refractivity contribution in [3.8, 4) is 18.1 Å². The van der Waals surface area contributed by atoms with Gasteiger partial charge in [-0.1, -0.05) is 18.1 Å². The van der Waals surface area contributed by atoms with Crippen LogP contribution in [0.25, 0.3) is 0 Å². The summed E-state index contributed by atoms with van der Waals surface area (Å²) in [6.45, 7) is 4.66. The molecular formula is C20H25N3O2. The van der Waals surface area contributed by atoms with Crippen LogP contribution in [0, 0.1) is 12.3 Å². The molecule has 0 saturated carbocycles. The molecule has 1 aromatic heterocycles. The van der Waals surface area contributed by atoms with Crippen LogP contribution in [0.5, 0.6) is 5.75 Å². The molecule has 2 aromatic rings. The Labute approximate surface area is 149 Å². The summed E-state index contributed by atoms with van der Waals surface area (Å²) >= 11 is 0. The molecular weight excluding hydrogens is 314 g/mol. The van der Waals surface area contributed by atoms with Gasteiger partial charge in [-0.2, -0.15) is 0 Å². The van der Waals surface area contributed by atoms with Crippen molar-refractivity contribution in [2.45, 2.75) is 19.8 Å². The Morgan fingerprint density at radius 1 is 1.20 bits per heavy atom. The third kappa shape index (κ3) is 7.05. The molecule has 0 unspecified atom stereocenters. The molecule has 5 nitrogen and oxygen atoms in total. The lowest BCUT2D eigenvalue weighted by Crippen LogP contribution is -2.38. The van der Waals surface area contributed by atoms with Crippen molar-refractivity contribution in [3.63, 3.8) is 0 Å². The summed E-state index contributed by atoms with van der Waals surface area (Å²) in [7, 11) is 0. The molecule has 0 aliphatic heterocycles. The van der Waals surface area contributed by atoms with E-state index in [1.165, 1.54) is 5.56 Å². The van der Waals surface area contributed by atoms with Crippen LogP contribution in [0.2, 0.25) is 0 Å². The van der Waals surface area contributed by atoms with Crippen molar-refractivity contribution in [3.05, 3.63) is 54.0 Å². The molecule has 0 atom stereocenters. The van der Waals surface area contributed by atoms with Gasteiger partial charge in [-0.15, -0.1) is 6.42 Å². The zero-order valence-corrected chi connectivity index (χ0v) is 14.6. The van der Waals surface area contributed by atoms with Crippen LogP contribution in [-0.4, -0.2) is 32.2 Å². The average Bonchev–Trinajstić information content (AvgIpc) is 3.14. The van der Waals surface area contributed by atoms with Crippen molar-refractivity contribution in [1.29, 1.82) is 0 Å². The summed E-state index contributed by atoms with van der Waals surface area (Å²) in [5.74, 6) is 5.02. The Hall–Kier alpha value is -2.87. The second-order valence-corrected chi connectivity index (χ2v) is 5.40. The highest BCUT2D eigenvalue weighted by molar-refractivity contribution is 5.79. The van der Waals surface area contributed by atoms with Gasteiger partial charge < -0.3 is 19.8 Å². The van der Waals surface area contributed by atoms with E-state index < -0.39 is 0 Å².